The molecule has 1 aromatic carbocycles. The summed E-state index contributed by atoms with van der Waals surface area (Å²) in [5.74, 6) is -2.81. The number of carboxylic acids is 1. The summed E-state index contributed by atoms with van der Waals surface area (Å²) in [6.45, 7) is 0.643. The van der Waals surface area contributed by atoms with E-state index in [1.54, 1.807) is 6.20 Å². The molecule has 0 aliphatic carbocycles. The molecule has 11 heteroatoms. The maximum atomic E-state index is 12.0. The zero-order chi connectivity index (χ0) is 24.5. The van der Waals surface area contributed by atoms with Crippen LogP contribution in [0.5, 0.6) is 0 Å². The molecule has 34 heavy (non-hydrogen) atoms. The lowest BCUT2D eigenvalue weighted by Crippen LogP contribution is -2.31. The van der Waals surface area contributed by atoms with E-state index in [1.807, 2.05) is 42.6 Å². The third-order valence-corrected chi connectivity index (χ3v) is 5.38. The van der Waals surface area contributed by atoms with Crippen LogP contribution in [-0.4, -0.2) is 44.7 Å². The molecule has 0 bridgehead atoms. The van der Waals surface area contributed by atoms with Gasteiger partial charge in [-0.2, -0.15) is 13.2 Å². The van der Waals surface area contributed by atoms with Gasteiger partial charge >= 0.3 is 12.1 Å². The maximum absolute atomic E-state index is 12.0. The zero-order valence-corrected chi connectivity index (χ0v) is 18.0. The fourth-order valence-electron chi connectivity index (χ4n) is 3.45. The van der Waals surface area contributed by atoms with Gasteiger partial charge in [0, 0.05) is 53.3 Å². The Morgan fingerprint density at radius 2 is 1.79 bits per heavy atom. The van der Waals surface area contributed by atoms with Crippen LogP contribution < -0.4 is 5.32 Å². The van der Waals surface area contributed by atoms with Gasteiger partial charge < -0.3 is 15.4 Å². The highest BCUT2D eigenvalue weighted by Crippen LogP contribution is 2.33. The minimum absolute atomic E-state index is 0.0529. The Labute approximate surface area is 195 Å². The van der Waals surface area contributed by atoms with E-state index in [-0.39, 0.29) is 5.91 Å². The van der Waals surface area contributed by atoms with Crippen molar-refractivity contribution in [3.8, 4) is 22.5 Å². The molecule has 4 aromatic rings. The second kappa shape index (κ2) is 9.14. The van der Waals surface area contributed by atoms with Crippen LogP contribution in [-0.2, 0) is 11.2 Å². The number of alkyl halides is 3. The molecule has 3 aromatic heterocycles. The third kappa shape index (κ3) is 4.86. The lowest BCUT2D eigenvalue weighted by Gasteiger charge is -2.11. The van der Waals surface area contributed by atoms with Crippen molar-refractivity contribution < 1.29 is 27.9 Å². The number of H-pyrrole nitrogens is 1. The Morgan fingerprint density at radius 3 is 2.50 bits per heavy atom. The molecular formula is C23H16ClF3N4O3. The van der Waals surface area contributed by atoms with Gasteiger partial charge in [-0.3, -0.25) is 14.8 Å². The predicted molar refractivity (Wildman–Crippen MR) is 119 cm³/mol. The number of aliphatic carboxylic acids is 1. The Balaban J connectivity index is 0.000000344. The molecular weight excluding hydrogens is 473 g/mol. The summed E-state index contributed by atoms with van der Waals surface area (Å²) in [6.07, 6.45) is -0.845. The van der Waals surface area contributed by atoms with Crippen LogP contribution in [0.1, 0.15) is 16.1 Å². The summed E-state index contributed by atoms with van der Waals surface area (Å²) in [7, 11) is 0. The second-order valence-electron chi connectivity index (χ2n) is 7.35. The second-order valence-corrected chi connectivity index (χ2v) is 7.76. The van der Waals surface area contributed by atoms with Crippen molar-refractivity contribution in [2.45, 2.75) is 12.6 Å². The van der Waals surface area contributed by atoms with Crippen molar-refractivity contribution >= 4 is 34.4 Å². The highest BCUT2D eigenvalue weighted by Gasteiger charge is 2.38. The first-order chi connectivity index (χ1) is 16.1. The highest BCUT2D eigenvalue weighted by atomic mass is 35.5. The van der Waals surface area contributed by atoms with Gasteiger partial charge in [0.2, 0.25) is 0 Å². The number of halogens is 4. The Hall–Kier alpha value is -3.92. The molecule has 0 radical (unpaired) electrons. The molecule has 0 atom stereocenters. The first-order valence-corrected chi connectivity index (χ1v) is 10.3. The fourth-order valence-corrected chi connectivity index (χ4v) is 3.66. The number of amides is 1. The van der Waals surface area contributed by atoms with E-state index in [9.17, 15) is 18.0 Å². The van der Waals surface area contributed by atoms with E-state index in [0.29, 0.717) is 17.1 Å². The van der Waals surface area contributed by atoms with Gasteiger partial charge in [-0.15, -0.1) is 0 Å². The minimum atomic E-state index is -5.08. The maximum Gasteiger partial charge on any atom is 0.490 e. The zero-order valence-electron chi connectivity index (χ0n) is 17.3. The number of pyridine rings is 2. The largest absolute Gasteiger partial charge is 0.490 e. The number of hydrogen-bond donors (Lipinski definition) is 3. The van der Waals surface area contributed by atoms with Crippen molar-refractivity contribution in [3.63, 3.8) is 0 Å². The molecule has 5 rings (SSSR count). The van der Waals surface area contributed by atoms with Gasteiger partial charge in [-0.05, 0) is 24.3 Å². The highest BCUT2D eigenvalue weighted by molar-refractivity contribution is 6.33. The van der Waals surface area contributed by atoms with Gasteiger partial charge in [0.15, 0.2) is 0 Å². The molecule has 0 unspecified atom stereocenters. The first-order valence-electron chi connectivity index (χ1n) is 9.95. The summed E-state index contributed by atoms with van der Waals surface area (Å²) in [6, 6.07) is 13.8. The number of fused-ring (bicyclic) bond motifs is 2. The molecule has 174 valence electrons. The molecule has 4 heterocycles. The van der Waals surface area contributed by atoms with E-state index in [1.165, 1.54) is 0 Å². The van der Waals surface area contributed by atoms with E-state index in [2.05, 4.69) is 26.3 Å². The average molecular weight is 489 g/mol. The fraction of sp³-hybridized carbons (Fsp3) is 0.130. The van der Waals surface area contributed by atoms with Crippen LogP contribution in [0.2, 0.25) is 5.02 Å². The number of carbonyl (C=O) groups is 2. The minimum Gasteiger partial charge on any atom is -0.475 e. The number of carbonyl (C=O) groups excluding carboxylic acids is 1. The van der Waals surface area contributed by atoms with Crippen LogP contribution in [0.4, 0.5) is 13.2 Å². The number of nitrogens with zero attached hydrogens (tertiary/aromatic N) is 2. The molecule has 0 spiro atoms. The van der Waals surface area contributed by atoms with Gasteiger partial charge in [-0.1, -0.05) is 29.8 Å². The Kier molecular flexibility index (Phi) is 6.25. The molecule has 0 saturated carbocycles. The predicted octanol–water partition coefficient (Wildman–Crippen LogP) is 4.86. The van der Waals surface area contributed by atoms with Gasteiger partial charge in [0.1, 0.15) is 0 Å². The van der Waals surface area contributed by atoms with Crippen LogP contribution in [0, 0.1) is 0 Å². The van der Waals surface area contributed by atoms with Crippen molar-refractivity contribution in [2.75, 3.05) is 6.54 Å². The quantitative estimate of drug-likeness (QED) is 0.373. The molecule has 0 saturated heterocycles. The van der Waals surface area contributed by atoms with Crippen molar-refractivity contribution in [1.82, 2.24) is 20.3 Å². The number of nitrogens with one attached hydrogen (secondary N) is 2. The van der Waals surface area contributed by atoms with Crippen LogP contribution in [0.25, 0.3) is 33.4 Å². The molecule has 0 fully saturated rings. The monoisotopic (exact) mass is 488 g/mol. The third-order valence-electron chi connectivity index (χ3n) is 5.08. The lowest BCUT2D eigenvalue weighted by molar-refractivity contribution is -0.192. The van der Waals surface area contributed by atoms with E-state index >= 15 is 0 Å². The molecule has 1 amide bonds. The van der Waals surface area contributed by atoms with Crippen LogP contribution in [0.3, 0.4) is 0 Å². The SMILES string of the molecule is O=C(O)C(F)(F)F.O=C1NCCc2[nH]c(-c3cc(-c4cnc5ccccc5c4)ncc3Cl)cc21. The topological polar surface area (TPSA) is 108 Å². The van der Waals surface area contributed by atoms with Crippen molar-refractivity contribution in [3.05, 3.63) is 71.1 Å². The van der Waals surface area contributed by atoms with Gasteiger partial charge in [0.25, 0.3) is 5.91 Å². The number of para-hydroxylation sites is 1. The average Bonchev–Trinajstić information content (AvgIpc) is 3.24. The number of aromatic nitrogens is 3. The van der Waals surface area contributed by atoms with E-state index in [4.69, 9.17) is 21.5 Å². The van der Waals surface area contributed by atoms with Gasteiger partial charge in [0.05, 0.1) is 21.8 Å². The molecule has 1 aliphatic rings. The number of benzene rings is 1. The molecule has 7 nitrogen and oxygen atoms in total. The van der Waals surface area contributed by atoms with E-state index in [0.717, 1.165) is 45.5 Å². The summed E-state index contributed by atoms with van der Waals surface area (Å²) in [5.41, 5.74) is 5.90. The summed E-state index contributed by atoms with van der Waals surface area (Å²) >= 11 is 6.41. The van der Waals surface area contributed by atoms with Gasteiger partial charge in [-0.25, -0.2) is 4.79 Å². The normalized spacial score (nSPS) is 13.0. The number of aromatic amines is 1. The molecule has 1 aliphatic heterocycles. The smallest absolute Gasteiger partial charge is 0.475 e. The van der Waals surface area contributed by atoms with E-state index < -0.39 is 12.1 Å². The van der Waals surface area contributed by atoms with Crippen LogP contribution in [0.15, 0.2) is 54.9 Å². The Morgan fingerprint density at radius 1 is 1.06 bits per heavy atom. The standard InChI is InChI=1S/C21H15ClN4O.C2HF3O2/c22-16-11-25-19(13-7-12-3-1-2-4-17(12)24-10-13)8-14(16)20-9-15-18(26-20)5-6-23-21(15)27;3-2(4,5)1(6)7/h1-4,7-11,26H,5-6H2,(H,23,27);(H,6,7). The van der Waals surface area contributed by atoms with Crippen LogP contribution >= 0.6 is 11.6 Å². The Bertz CT molecular complexity index is 1400. The van der Waals surface area contributed by atoms with Crippen molar-refractivity contribution in [1.29, 1.82) is 0 Å². The summed E-state index contributed by atoms with van der Waals surface area (Å²) in [5, 5.41) is 11.6. The number of rotatable bonds is 2. The summed E-state index contributed by atoms with van der Waals surface area (Å²) < 4.78 is 31.7. The number of hydrogen-bond acceptors (Lipinski definition) is 4. The summed E-state index contributed by atoms with van der Waals surface area (Å²) in [4.78, 5) is 33.3. The lowest BCUT2D eigenvalue weighted by atomic mass is 10.1. The number of carboxylic acid groups (broad SMARTS) is 1. The molecule has 3 N–H and O–H groups in total. The van der Waals surface area contributed by atoms with Crippen molar-refractivity contribution in [2.24, 2.45) is 0 Å². The first kappa shape index (κ1) is 23.2.